The maximum absolute atomic E-state index is 5.94. The van der Waals surface area contributed by atoms with Crippen molar-refractivity contribution in [2.24, 2.45) is 0 Å². The van der Waals surface area contributed by atoms with E-state index in [0.29, 0.717) is 28.5 Å². The van der Waals surface area contributed by atoms with Crippen LogP contribution >= 0.6 is 35.4 Å². The molecule has 98 valence electrons. The zero-order valence-electron chi connectivity index (χ0n) is 10.2. The van der Waals surface area contributed by atoms with E-state index in [9.17, 15) is 0 Å². The van der Waals surface area contributed by atoms with Gasteiger partial charge in [0.05, 0.1) is 12.1 Å². The van der Waals surface area contributed by atoms with E-state index in [0.717, 1.165) is 5.69 Å². The molecular formula is C12H14Cl2N2OS. The summed E-state index contributed by atoms with van der Waals surface area (Å²) in [5.41, 5.74) is 0.673. The molecule has 0 unspecified atom stereocenters. The summed E-state index contributed by atoms with van der Waals surface area (Å²) in [6.07, 6.45) is 0. The van der Waals surface area contributed by atoms with Crippen LogP contribution in [-0.2, 0) is 4.74 Å². The SMILES string of the molecule is CC1(C)COCN1C(=S)Nc1cc(Cl)cc(Cl)c1. The molecule has 1 N–H and O–H groups in total. The van der Waals surface area contributed by atoms with Gasteiger partial charge in [-0.05, 0) is 44.3 Å². The monoisotopic (exact) mass is 304 g/mol. The number of rotatable bonds is 1. The maximum atomic E-state index is 5.94. The molecule has 0 bridgehead atoms. The Morgan fingerprint density at radius 2 is 1.94 bits per heavy atom. The first-order valence-electron chi connectivity index (χ1n) is 5.51. The van der Waals surface area contributed by atoms with Gasteiger partial charge in [0.1, 0.15) is 6.73 Å². The third-order valence-corrected chi connectivity index (χ3v) is 3.52. The van der Waals surface area contributed by atoms with Gasteiger partial charge in [0.2, 0.25) is 0 Å². The normalized spacial score (nSPS) is 17.9. The molecule has 0 radical (unpaired) electrons. The number of nitrogens with zero attached hydrogens (tertiary/aromatic N) is 1. The molecule has 1 aliphatic rings. The molecule has 0 spiro atoms. The van der Waals surface area contributed by atoms with Crippen LogP contribution in [0.5, 0.6) is 0 Å². The Balaban J connectivity index is 2.12. The van der Waals surface area contributed by atoms with Gasteiger partial charge in [-0.3, -0.25) is 0 Å². The highest BCUT2D eigenvalue weighted by atomic mass is 35.5. The van der Waals surface area contributed by atoms with Gasteiger partial charge < -0.3 is 15.0 Å². The van der Waals surface area contributed by atoms with Crippen molar-refractivity contribution in [1.82, 2.24) is 4.90 Å². The Hall–Kier alpha value is -0.550. The van der Waals surface area contributed by atoms with Crippen molar-refractivity contribution in [2.45, 2.75) is 19.4 Å². The molecule has 2 rings (SSSR count). The third-order valence-electron chi connectivity index (χ3n) is 2.77. The summed E-state index contributed by atoms with van der Waals surface area (Å²) in [4.78, 5) is 2.00. The highest BCUT2D eigenvalue weighted by Gasteiger charge is 2.34. The molecule has 1 heterocycles. The van der Waals surface area contributed by atoms with Crippen LogP contribution in [0.3, 0.4) is 0 Å². The van der Waals surface area contributed by atoms with Gasteiger partial charge in [-0.1, -0.05) is 23.2 Å². The molecule has 18 heavy (non-hydrogen) atoms. The van der Waals surface area contributed by atoms with Gasteiger partial charge in [0, 0.05) is 15.7 Å². The molecule has 0 aliphatic carbocycles. The molecule has 1 saturated heterocycles. The number of anilines is 1. The van der Waals surface area contributed by atoms with E-state index in [1.54, 1.807) is 18.2 Å². The largest absolute Gasteiger partial charge is 0.359 e. The predicted molar refractivity (Wildman–Crippen MR) is 79.4 cm³/mol. The van der Waals surface area contributed by atoms with E-state index >= 15 is 0 Å². The fourth-order valence-corrected chi connectivity index (χ4v) is 2.73. The Labute approximate surface area is 122 Å². The summed E-state index contributed by atoms with van der Waals surface area (Å²) in [7, 11) is 0. The fraction of sp³-hybridized carbons (Fsp3) is 0.417. The van der Waals surface area contributed by atoms with E-state index in [4.69, 9.17) is 40.2 Å². The molecule has 0 amide bonds. The molecule has 0 atom stereocenters. The van der Waals surface area contributed by atoms with Crippen molar-refractivity contribution in [3.8, 4) is 0 Å². The zero-order chi connectivity index (χ0) is 13.3. The summed E-state index contributed by atoms with van der Waals surface area (Å²) in [5, 5.41) is 4.88. The lowest BCUT2D eigenvalue weighted by Crippen LogP contribution is -2.46. The van der Waals surface area contributed by atoms with Crippen molar-refractivity contribution < 1.29 is 4.74 Å². The number of ether oxygens (including phenoxy) is 1. The van der Waals surface area contributed by atoms with Gasteiger partial charge in [0.25, 0.3) is 0 Å². The lowest BCUT2D eigenvalue weighted by Gasteiger charge is -2.31. The van der Waals surface area contributed by atoms with Crippen LogP contribution in [0.25, 0.3) is 0 Å². The van der Waals surface area contributed by atoms with Crippen molar-refractivity contribution in [3.05, 3.63) is 28.2 Å². The average Bonchev–Trinajstić information content (AvgIpc) is 2.56. The Morgan fingerprint density at radius 3 is 2.44 bits per heavy atom. The molecule has 1 aliphatic heterocycles. The van der Waals surface area contributed by atoms with Crippen molar-refractivity contribution in [3.63, 3.8) is 0 Å². The minimum Gasteiger partial charge on any atom is -0.359 e. The smallest absolute Gasteiger partial charge is 0.175 e. The van der Waals surface area contributed by atoms with Crippen molar-refractivity contribution >= 4 is 46.2 Å². The number of thiocarbonyl (C=S) groups is 1. The van der Waals surface area contributed by atoms with Crippen LogP contribution in [0.4, 0.5) is 5.69 Å². The Morgan fingerprint density at radius 1 is 1.33 bits per heavy atom. The fourth-order valence-electron chi connectivity index (χ4n) is 1.79. The lowest BCUT2D eigenvalue weighted by atomic mass is 10.1. The van der Waals surface area contributed by atoms with Gasteiger partial charge in [0.15, 0.2) is 5.11 Å². The number of hydrogen-bond acceptors (Lipinski definition) is 2. The highest BCUT2D eigenvalue weighted by molar-refractivity contribution is 7.80. The first-order chi connectivity index (χ1) is 8.38. The molecule has 0 saturated carbocycles. The predicted octanol–water partition coefficient (Wildman–Crippen LogP) is 3.76. The average molecular weight is 305 g/mol. The summed E-state index contributed by atoms with van der Waals surface area (Å²) >= 11 is 17.3. The number of benzene rings is 1. The molecule has 0 aromatic heterocycles. The summed E-state index contributed by atoms with van der Waals surface area (Å²) < 4.78 is 5.42. The van der Waals surface area contributed by atoms with Crippen LogP contribution in [0, 0.1) is 0 Å². The molecule has 1 fully saturated rings. The second-order valence-electron chi connectivity index (χ2n) is 4.81. The highest BCUT2D eigenvalue weighted by Crippen LogP contribution is 2.25. The van der Waals surface area contributed by atoms with Crippen LogP contribution in [-0.4, -0.2) is 28.9 Å². The molecule has 3 nitrogen and oxygen atoms in total. The molecule has 6 heteroatoms. The number of nitrogens with one attached hydrogen (secondary N) is 1. The summed E-state index contributed by atoms with van der Waals surface area (Å²) in [6.45, 7) is 5.32. The third kappa shape index (κ3) is 3.06. The van der Waals surface area contributed by atoms with E-state index < -0.39 is 0 Å². The number of halogens is 2. The minimum absolute atomic E-state index is 0.105. The van der Waals surface area contributed by atoms with Gasteiger partial charge in [-0.25, -0.2) is 0 Å². The van der Waals surface area contributed by atoms with Crippen LogP contribution < -0.4 is 5.32 Å². The molecule has 1 aromatic rings. The standard InChI is InChI=1S/C12H14Cl2N2OS/c1-12(2)6-17-7-16(12)11(18)15-10-4-8(13)3-9(14)5-10/h3-5H,6-7H2,1-2H3,(H,15,18). The molecule has 1 aromatic carbocycles. The topological polar surface area (TPSA) is 24.5 Å². The van der Waals surface area contributed by atoms with Crippen LogP contribution in [0.1, 0.15) is 13.8 Å². The van der Waals surface area contributed by atoms with Crippen molar-refractivity contribution in [1.29, 1.82) is 0 Å². The quantitative estimate of drug-likeness (QED) is 0.799. The summed E-state index contributed by atoms with van der Waals surface area (Å²) in [5.74, 6) is 0. The van der Waals surface area contributed by atoms with E-state index in [-0.39, 0.29) is 5.54 Å². The second-order valence-corrected chi connectivity index (χ2v) is 6.07. The van der Waals surface area contributed by atoms with Gasteiger partial charge >= 0.3 is 0 Å². The number of hydrogen-bond donors (Lipinski definition) is 1. The van der Waals surface area contributed by atoms with E-state index in [2.05, 4.69) is 19.2 Å². The van der Waals surface area contributed by atoms with Crippen LogP contribution in [0.2, 0.25) is 10.0 Å². The first kappa shape index (κ1) is 13.9. The van der Waals surface area contributed by atoms with Gasteiger partial charge in [-0.2, -0.15) is 0 Å². The van der Waals surface area contributed by atoms with Crippen molar-refractivity contribution in [2.75, 3.05) is 18.7 Å². The van der Waals surface area contributed by atoms with E-state index in [1.807, 2.05) is 4.90 Å². The maximum Gasteiger partial charge on any atom is 0.175 e. The molecular weight excluding hydrogens is 291 g/mol. The Kier molecular flexibility index (Phi) is 4.02. The van der Waals surface area contributed by atoms with Gasteiger partial charge in [-0.15, -0.1) is 0 Å². The van der Waals surface area contributed by atoms with Crippen LogP contribution in [0.15, 0.2) is 18.2 Å². The Bertz CT molecular complexity index is 459. The zero-order valence-corrected chi connectivity index (χ0v) is 12.5. The summed E-state index contributed by atoms with van der Waals surface area (Å²) in [6, 6.07) is 5.24. The van der Waals surface area contributed by atoms with E-state index in [1.165, 1.54) is 0 Å². The second kappa shape index (κ2) is 5.21. The first-order valence-corrected chi connectivity index (χ1v) is 6.67. The minimum atomic E-state index is -0.105. The lowest BCUT2D eigenvalue weighted by molar-refractivity contribution is 0.169.